The molecule has 1 heterocycles. The number of nitrogens with two attached hydrogens (primary N) is 1. The molecule has 0 bridgehead atoms. The van der Waals surface area contributed by atoms with Crippen molar-refractivity contribution in [1.82, 2.24) is 0 Å². The Bertz CT molecular complexity index is 494. The average molecular weight is 228 g/mol. The molecule has 0 fully saturated rings. The summed E-state index contributed by atoms with van der Waals surface area (Å²) in [5, 5.41) is 5.01. The Morgan fingerprint density at radius 3 is 2.71 bits per heavy atom. The van der Waals surface area contributed by atoms with E-state index >= 15 is 0 Å². The zero-order valence-electron chi connectivity index (χ0n) is 7.10. The van der Waals surface area contributed by atoms with Gasteiger partial charge in [-0.25, -0.2) is 13.6 Å². The van der Waals surface area contributed by atoms with Crippen LogP contribution in [0.5, 0.6) is 0 Å². The van der Waals surface area contributed by atoms with Crippen LogP contribution in [0.25, 0.3) is 6.08 Å². The van der Waals surface area contributed by atoms with Crippen LogP contribution in [0.3, 0.4) is 0 Å². The van der Waals surface area contributed by atoms with Gasteiger partial charge in [-0.1, -0.05) is 18.2 Å². The minimum absolute atomic E-state index is 0.135. The fraction of sp³-hybridized carbons (Fsp3) is 0. The van der Waals surface area contributed by atoms with Crippen LogP contribution in [0.15, 0.2) is 28.5 Å². The number of hydrogen-bond acceptors (Lipinski definition) is 4. The van der Waals surface area contributed by atoms with E-state index in [9.17, 15) is 8.42 Å². The lowest BCUT2D eigenvalue weighted by Crippen LogP contribution is -2.15. The van der Waals surface area contributed by atoms with Crippen molar-refractivity contribution in [3.63, 3.8) is 0 Å². The van der Waals surface area contributed by atoms with Crippen molar-refractivity contribution in [3.05, 3.63) is 34.1 Å². The number of rotatable bonds is 1. The number of primary sulfonamides is 1. The van der Waals surface area contributed by atoms with Gasteiger partial charge < -0.3 is 4.72 Å². The van der Waals surface area contributed by atoms with Gasteiger partial charge in [0.25, 0.3) is 0 Å². The minimum Gasteiger partial charge on any atom is -0.324 e. The molecule has 6 heteroatoms. The summed E-state index contributed by atoms with van der Waals surface area (Å²) in [6.45, 7) is 0. The van der Waals surface area contributed by atoms with Crippen LogP contribution in [0.2, 0.25) is 0 Å². The predicted molar refractivity (Wildman–Crippen MR) is 58.7 cm³/mol. The normalized spacial score (nSPS) is 15.4. The van der Waals surface area contributed by atoms with Gasteiger partial charge in [0.15, 0.2) is 0 Å². The predicted octanol–water partition coefficient (Wildman–Crippen LogP) is 1.35. The Morgan fingerprint density at radius 2 is 2.00 bits per heavy atom. The van der Waals surface area contributed by atoms with Crippen molar-refractivity contribution < 1.29 is 8.42 Å². The molecule has 4 nitrogen and oxygen atoms in total. The molecule has 74 valence electrons. The van der Waals surface area contributed by atoms with Gasteiger partial charge in [0.1, 0.15) is 4.24 Å². The zero-order valence-corrected chi connectivity index (χ0v) is 8.73. The van der Waals surface area contributed by atoms with Crippen molar-refractivity contribution in [2.24, 2.45) is 5.14 Å². The smallest absolute Gasteiger partial charge is 0.245 e. The van der Waals surface area contributed by atoms with Crippen LogP contribution in [0.4, 0.5) is 5.69 Å². The molecule has 3 N–H and O–H groups in total. The summed E-state index contributed by atoms with van der Waals surface area (Å²) in [5.74, 6) is 0. The summed E-state index contributed by atoms with van der Waals surface area (Å²) in [6.07, 6.45) is 1.56. The number of nitrogens with one attached hydrogen (secondary N) is 1. The Morgan fingerprint density at radius 1 is 1.29 bits per heavy atom. The molecule has 0 saturated heterocycles. The molecule has 0 aliphatic carbocycles. The molecule has 0 radical (unpaired) electrons. The van der Waals surface area contributed by atoms with Gasteiger partial charge in [-0.3, -0.25) is 0 Å². The third kappa shape index (κ3) is 1.77. The first kappa shape index (κ1) is 9.57. The maximum absolute atomic E-state index is 11.0. The van der Waals surface area contributed by atoms with E-state index in [1.54, 1.807) is 6.08 Å². The van der Waals surface area contributed by atoms with E-state index in [0.29, 0.717) is 0 Å². The van der Waals surface area contributed by atoms with Crippen LogP contribution < -0.4 is 9.86 Å². The Hall–Kier alpha value is -0.980. The molecular formula is C8H8N2O2S2. The van der Waals surface area contributed by atoms with E-state index in [0.717, 1.165) is 23.2 Å². The molecule has 1 aliphatic heterocycles. The maximum atomic E-state index is 11.0. The van der Waals surface area contributed by atoms with Gasteiger partial charge >= 0.3 is 0 Å². The van der Waals surface area contributed by atoms with Crippen LogP contribution >= 0.6 is 11.9 Å². The first-order valence-electron chi connectivity index (χ1n) is 3.84. The van der Waals surface area contributed by atoms with Crippen LogP contribution in [0.1, 0.15) is 5.56 Å². The standard InChI is InChI=1S/C8H8N2O2S2/c9-14(11,12)8-5-6-3-1-2-4-7(6)10-13-8/h1-5,10H,(H2,9,11,12). The largest absolute Gasteiger partial charge is 0.324 e. The SMILES string of the molecule is NS(=O)(=O)C1=Cc2ccccc2NS1. The summed E-state index contributed by atoms with van der Waals surface area (Å²) in [5.41, 5.74) is 1.72. The van der Waals surface area contributed by atoms with E-state index < -0.39 is 10.0 Å². The lowest BCUT2D eigenvalue weighted by atomic mass is 10.2. The van der Waals surface area contributed by atoms with Crippen molar-refractivity contribution in [3.8, 4) is 0 Å². The Balaban J connectivity index is 2.51. The van der Waals surface area contributed by atoms with Crippen molar-refractivity contribution in [2.75, 3.05) is 4.72 Å². The van der Waals surface area contributed by atoms with Crippen molar-refractivity contribution in [1.29, 1.82) is 0 Å². The van der Waals surface area contributed by atoms with Gasteiger partial charge in [0.2, 0.25) is 10.0 Å². The van der Waals surface area contributed by atoms with E-state index in [4.69, 9.17) is 5.14 Å². The number of fused-ring (bicyclic) bond motifs is 1. The summed E-state index contributed by atoms with van der Waals surface area (Å²) in [4.78, 5) is 0. The topological polar surface area (TPSA) is 72.2 Å². The Labute approximate surface area is 86.4 Å². The van der Waals surface area contributed by atoms with Crippen molar-refractivity contribution in [2.45, 2.75) is 0 Å². The molecule has 14 heavy (non-hydrogen) atoms. The highest BCUT2D eigenvalue weighted by Gasteiger charge is 2.18. The molecule has 0 amide bonds. The Kier molecular flexibility index (Phi) is 2.26. The second-order valence-corrected chi connectivity index (χ2v) is 5.44. The second kappa shape index (κ2) is 3.30. The maximum Gasteiger partial charge on any atom is 0.245 e. The van der Waals surface area contributed by atoms with E-state index in [1.165, 1.54) is 0 Å². The molecule has 0 aromatic heterocycles. The third-order valence-corrected chi connectivity index (χ3v) is 4.04. The van der Waals surface area contributed by atoms with Gasteiger partial charge in [-0.2, -0.15) is 0 Å². The summed E-state index contributed by atoms with van der Waals surface area (Å²) in [7, 11) is -3.61. The highest BCUT2D eigenvalue weighted by atomic mass is 32.3. The van der Waals surface area contributed by atoms with E-state index in [1.807, 2.05) is 24.3 Å². The van der Waals surface area contributed by atoms with Gasteiger partial charge in [-0.15, -0.1) is 0 Å². The van der Waals surface area contributed by atoms with Crippen molar-refractivity contribution >= 4 is 33.7 Å². The highest BCUT2D eigenvalue weighted by molar-refractivity contribution is 8.18. The number of hydrogen-bond donors (Lipinski definition) is 2. The zero-order chi connectivity index (χ0) is 10.2. The molecule has 0 spiro atoms. The highest BCUT2D eigenvalue weighted by Crippen LogP contribution is 2.33. The van der Waals surface area contributed by atoms with Gasteiger partial charge in [-0.05, 0) is 24.1 Å². The molecule has 0 saturated carbocycles. The first-order chi connectivity index (χ1) is 6.57. The molecule has 0 atom stereocenters. The molecule has 1 aliphatic rings. The molecule has 2 rings (SSSR count). The van der Waals surface area contributed by atoms with E-state index in [2.05, 4.69) is 4.72 Å². The fourth-order valence-corrected chi connectivity index (χ4v) is 2.58. The summed E-state index contributed by atoms with van der Waals surface area (Å²) in [6, 6.07) is 7.42. The fourth-order valence-electron chi connectivity index (χ4n) is 1.12. The number of anilines is 1. The number of para-hydroxylation sites is 1. The molecule has 0 unspecified atom stereocenters. The molecular weight excluding hydrogens is 220 g/mol. The molecule has 1 aromatic rings. The lowest BCUT2D eigenvalue weighted by molar-refractivity contribution is 0.606. The lowest BCUT2D eigenvalue weighted by Gasteiger charge is -2.15. The monoisotopic (exact) mass is 228 g/mol. The number of benzene rings is 1. The van der Waals surface area contributed by atoms with Gasteiger partial charge in [0.05, 0.1) is 5.69 Å². The first-order valence-corrected chi connectivity index (χ1v) is 6.20. The third-order valence-electron chi connectivity index (χ3n) is 1.78. The second-order valence-electron chi connectivity index (χ2n) is 2.80. The molecule has 1 aromatic carbocycles. The van der Waals surface area contributed by atoms with Crippen LogP contribution in [-0.4, -0.2) is 8.42 Å². The minimum atomic E-state index is -3.61. The quantitative estimate of drug-likeness (QED) is 0.712. The van der Waals surface area contributed by atoms with Crippen LogP contribution in [0, 0.1) is 0 Å². The summed E-state index contributed by atoms with van der Waals surface area (Å²) < 4.78 is 25.1. The van der Waals surface area contributed by atoms with Gasteiger partial charge in [0, 0.05) is 5.56 Å². The summed E-state index contributed by atoms with van der Waals surface area (Å²) >= 11 is 1.01. The van der Waals surface area contributed by atoms with Crippen LogP contribution in [-0.2, 0) is 10.0 Å². The average Bonchev–Trinajstić information content (AvgIpc) is 2.16. The number of sulfonamides is 1. The van der Waals surface area contributed by atoms with E-state index in [-0.39, 0.29) is 4.24 Å².